The van der Waals surface area contributed by atoms with Gasteiger partial charge in [-0.15, -0.1) is 0 Å². The van der Waals surface area contributed by atoms with Gasteiger partial charge in [-0.05, 0) is 23.3 Å². The van der Waals surface area contributed by atoms with Gasteiger partial charge in [-0.3, -0.25) is 0 Å². The third-order valence-electron chi connectivity index (χ3n) is 3.47. The van der Waals surface area contributed by atoms with Gasteiger partial charge in [0.25, 0.3) is 0 Å². The molecule has 4 nitrogen and oxygen atoms in total. The lowest BCUT2D eigenvalue weighted by Crippen LogP contribution is -2.29. The van der Waals surface area contributed by atoms with Crippen LogP contribution in [0.5, 0.6) is 5.75 Å². The normalized spacial score (nSPS) is 21.7. The number of fused-ring (bicyclic) bond motifs is 1. The van der Waals surface area contributed by atoms with Gasteiger partial charge in [-0.25, -0.2) is 4.79 Å². The molecule has 1 aromatic carbocycles. The predicted molar refractivity (Wildman–Crippen MR) is 72.3 cm³/mol. The second-order valence-corrected chi connectivity index (χ2v) is 5.08. The van der Waals surface area contributed by atoms with Gasteiger partial charge in [0.1, 0.15) is 5.75 Å². The zero-order valence-corrected chi connectivity index (χ0v) is 11.0. The van der Waals surface area contributed by atoms with E-state index in [0.29, 0.717) is 12.3 Å². The molecule has 1 N–H and O–H groups in total. The molecule has 3 rings (SSSR count). The quantitative estimate of drug-likeness (QED) is 0.815. The molecule has 2 aliphatic rings. The monoisotopic (exact) mass is 264 g/mol. The van der Waals surface area contributed by atoms with Crippen LogP contribution in [-0.2, 0) is 6.42 Å². The third-order valence-corrected chi connectivity index (χ3v) is 3.67. The molecule has 5 heteroatoms. The van der Waals surface area contributed by atoms with E-state index in [1.54, 1.807) is 4.90 Å². The summed E-state index contributed by atoms with van der Waals surface area (Å²) in [6, 6.07) is 6.29. The molecule has 2 aliphatic heterocycles. The first-order valence-electron chi connectivity index (χ1n) is 6.20. The van der Waals surface area contributed by atoms with Crippen molar-refractivity contribution in [3.8, 4) is 5.75 Å². The number of nitrogens with one attached hydrogen (secondary N) is 1. The fourth-order valence-corrected chi connectivity index (χ4v) is 2.76. The minimum absolute atomic E-state index is 0.00537. The van der Waals surface area contributed by atoms with Crippen molar-refractivity contribution in [1.29, 1.82) is 0 Å². The number of hydrogen-bond acceptors (Lipinski definition) is 3. The first-order chi connectivity index (χ1) is 8.78. The van der Waals surface area contributed by atoms with Crippen LogP contribution >= 0.6 is 12.6 Å². The van der Waals surface area contributed by atoms with Crippen molar-refractivity contribution < 1.29 is 9.53 Å². The van der Waals surface area contributed by atoms with Crippen molar-refractivity contribution in [3.05, 3.63) is 29.3 Å². The van der Waals surface area contributed by atoms with E-state index >= 15 is 0 Å². The summed E-state index contributed by atoms with van der Waals surface area (Å²) in [6.07, 6.45) is 0.962. The SMILES string of the molecule is O=C1NC(c2ccc3c(c2)CCO3)CN1CCS. The molecule has 0 bridgehead atoms. The van der Waals surface area contributed by atoms with Crippen LogP contribution in [0.25, 0.3) is 0 Å². The number of urea groups is 1. The van der Waals surface area contributed by atoms with Crippen molar-refractivity contribution in [2.75, 3.05) is 25.4 Å². The van der Waals surface area contributed by atoms with E-state index < -0.39 is 0 Å². The van der Waals surface area contributed by atoms with Gasteiger partial charge in [0, 0.05) is 25.3 Å². The van der Waals surface area contributed by atoms with Crippen molar-refractivity contribution in [2.45, 2.75) is 12.5 Å². The van der Waals surface area contributed by atoms with Gasteiger partial charge in [0.2, 0.25) is 0 Å². The molecule has 2 heterocycles. The van der Waals surface area contributed by atoms with Gasteiger partial charge >= 0.3 is 6.03 Å². The second-order valence-electron chi connectivity index (χ2n) is 4.64. The molecule has 1 unspecified atom stereocenters. The largest absolute Gasteiger partial charge is 0.493 e. The molecule has 1 atom stereocenters. The lowest BCUT2D eigenvalue weighted by atomic mass is 10.0. The number of carbonyl (C=O) groups excluding carboxylic acids is 1. The maximum atomic E-state index is 11.7. The Labute approximate surface area is 112 Å². The Morgan fingerprint density at radius 1 is 1.50 bits per heavy atom. The number of thiol groups is 1. The summed E-state index contributed by atoms with van der Waals surface area (Å²) in [7, 11) is 0. The second kappa shape index (κ2) is 4.72. The van der Waals surface area contributed by atoms with E-state index in [-0.39, 0.29) is 12.1 Å². The van der Waals surface area contributed by atoms with Crippen LogP contribution in [-0.4, -0.2) is 36.4 Å². The summed E-state index contributed by atoms with van der Waals surface area (Å²) in [5, 5.41) is 3.01. The lowest BCUT2D eigenvalue weighted by Gasteiger charge is -2.13. The van der Waals surface area contributed by atoms with Crippen molar-refractivity contribution in [1.82, 2.24) is 10.2 Å². The average molecular weight is 264 g/mol. The zero-order chi connectivity index (χ0) is 12.5. The van der Waals surface area contributed by atoms with Crippen molar-refractivity contribution in [2.24, 2.45) is 0 Å². The highest BCUT2D eigenvalue weighted by molar-refractivity contribution is 7.80. The van der Waals surface area contributed by atoms with E-state index in [1.807, 2.05) is 12.1 Å². The number of rotatable bonds is 3. The summed E-state index contributed by atoms with van der Waals surface area (Å²) in [5.41, 5.74) is 2.41. The summed E-state index contributed by atoms with van der Waals surface area (Å²) < 4.78 is 5.49. The Balaban J connectivity index is 1.78. The van der Waals surface area contributed by atoms with Crippen LogP contribution in [0.4, 0.5) is 4.79 Å². The van der Waals surface area contributed by atoms with Crippen LogP contribution in [0, 0.1) is 0 Å². The number of benzene rings is 1. The van der Waals surface area contributed by atoms with Gasteiger partial charge in [-0.2, -0.15) is 12.6 Å². The number of ether oxygens (including phenoxy) is 1. The molecule has 1 saturated heterocycles. The van der Waals surface area contributed by atoms with Crippen LogP contribution in [0.1, 0.15) is 17.2 Å². The maximum absolute atomic E-state index is 11.7. The highest BCUT2D eigenvalue weighted by Gasteiger charge is 2.29. The number of amides is 2. The average Bonchev–Trinajstić information content (AvgIpc) is 2.96. The Bertz CT molecular complexity index is 478. The molecular formula is C13H16N2O2S. The van der Waals surface area contributed by atoms with Gasteiger partial charge in [0.05, 0.1) is 12.6 Å². The molecular weight excluding hydrogens is 248 g/mol. The zero-order valence-electron chi connectivity index (χ0n) is 10.1. The van der Waals surface area contributed by atoms with E-state index in [9.17, 15) is 4.79 Å². The van der Waals surface area contributed by atoms with E-state index in [1.165, 1.54) is 5.56 Å². The minimum Gasteiger partial charge on any atom is -0.493 e. The molecule has 0 radical (unpaired) electrons. The predicted octanol–water partition coefficient (Wildman–Crippen LogP) is 1.62. The summed E-state index contributed by atoms with van der Waals surface area (Å²) >= 11 is 4.17. The highest BCUT2D eigenvalue weighted by Crippen LogP contribution is 2.29. The molecule has 2 amide bonds. The smallest absolute Gasteiger partial charge is 0.318 e. The topological polar surface area (TPSA) is 41.6 Å². The highest BCUT2D eigenvalue weighted by atomic mass is 32.1. The fraction of sp³-hybridized carbons (Fsp3) is 0.462. The first kappa shape index (κ1) is 11.7. The van der Waals surface area contributed by atoms with E-state index in [2.05, 4.69) is 24.0 Å². The summed E-state index contributed by atoms with van der Waals surface area (Å²) in [4.78, 5) is 13.5. The summed E-state index contributed by atoms with van der Waals surface area (Å²) in [6.45, 7) is 2.18. The number of carbonyl (C=O) groups is 1. The Hall–Kier alpha value is -1.36. The molecule has 1 fully saturated rings. The third kappa shape index (κ3) is 2.03. The van der Waals surface area contributed by atoms with Crippen molar-refractivity contribution in [3.63, 3.8) is 0 Å². The fourth-order valence-electron chi connectivity index (χ4n) is 2.51. The Morgan fingerprint density at radius 2 is 2.39 bits per heavy atom. The van der Waals surface area contributed by atoms with Crippen LogP contribution in [0.2, 0.25) is 0 Å². The van der Waals surface area contributed by atoms with Crippen LogP contribution < -0.4 is 10.1 Å². The molecule has 0 aromatic heterocycles. The minimum atomic E-state index is 0.00537. The molecule has 18 heavy (non-hydrogen) atoms. The molecule has 0 saturated carbocycles. The molecule has 0 aliphatic carbocycles. The van der Waals surface area contributed by atoms with Crippen LogP contribution in [0.3, 0.4) is 0 Å². The van der Waals surface area contributed by atoms with E-state index in [0.717, 1.165) is 30.9 Å². The van der Waals surface area contributed by atoms with Gasteiger partial charge < -0.3 is 15.0 Å². The van der Waals surface area contributed by atoms with E-state index in [4.69, 9.17) is 4.74 Å². The Morgan fingerprint density at radius 3 is 3.22 bits per heavy atom. The lowest BCUT2D eigenvalue weighted by molar-refractivity contribution is 0.220. The Kier molecular flexibility index (Phi) is 3.07. The van der Waals surface area contributed by atoms with Gasteiger partial charge in [0.15, 0.2) is 0 Å². The maximum Gasteiger partial charge on any atom is 0.318 e. The standard InChI is InChI=1S/C13H16N2O2S/c16-13-14-11(8-15(13)4-6-18)9-1-2-12-10(7-9)3-5-17-12/h1-2,7,11,18H,3-6,8H2,(H,14,16). The van der Waals surface area contributed by atoms with Crippen LogP contribution in [0.15, 0.2) is 18.2 Å². The first-order valence-corrected chi connectivity index (χ1v) is 6.83. The van der Waals surface area contributed by atoms with Crippen molar-refractivity contribution >= 4 is 18.7 Å². The molecule has 1 aromatic rings. The molecule has 96 valence electrons. The summed E-state index contributed by atoms with van der Waals surface area (Å²) in [5.74, 6) is 1.67. The van der Waals surface area contributed by atoms with Gasteiger partial charge in [-0.1, -0.05) is 6.07 Å². The molecule has 0 spiro atoms. The number of hydrogen-bond donors (Lipinski definition) is 2. The number of nitrogens with zero attached hydrogens (tertiary/aromatic N) is 1.